The highest BCUT2D eigenvalue weighted by atomic mass is 32.2. The van der Waals surface area contributed by atoms with E-state index in [1.165, 1.54) is 30.3 Å². The summed E-state index contributed by atoms with van der Waals surface area (Å²) >= 11 is 0. The topological polar surface area (TPSA) is 140 Å². The number of fused-ring (bicyclic) bond motifs is 4. The summed E-state index contributed by atoms with van der Waals surface area (Å²) < 4.78 is 55.9. The third-order valence-corrected chi connectivity index (χ3v) is 6.47. The van der Waals surface area contributed by atoms with Gasteiger partial charge in [-0.2, -0.15) is 8.42 Å². The Labute approximate surface area is 159 Å². The zero-order valence-corrected chi connectivity index (χ0v) is 15.6. The Morgan fingerprint density at radius 3 is 2.21 bits per heavy atom. The van der Waals surface area contributed by atoms with Crippen LogP contribution in [0.25, 0.3) is 44.3 Å². The number of hydrogen-bond acceptors (Lipinski definition) is 6. The first kappa shape index (κ1) is 17.2. The Bertz CT molecular complexity index is 1560. The van der Waals surface area contributed by atoms with Gasteiger partial charge in [-0.3, -0.25) is 4.55 Å². The lowest BCUT2D eigenvalue weighted by Gasteiger charge is -2.06. The SMILES string of the molecule is NS(=O)(=O)c1cc2c3c(cccc3c1)-c1nc3cc(S(=O)(=O)O)ccc3nc1-2. The van der Waals surface area contributed by atoms with Crippen molar-refractivity contribution in [2.75, 3.05) is 0 Å². The van der Waals surface area contributed by atoms with Crippen molar-refractivity contribution in [3.63, 3.8) is 0 Å². The molecule has 0 saturated carbocycles. The summed E-state index contributed by atoms with van der Waals surface area (Å²) in [5.74, 6) is 0. The highest BCUT2D eigenvalue weighted by Gasteiger charge is 2.27. The second kappa shape index (κ2) is 5.32. The molecule has 0 spiro atoms. The number of sulfonamides is 1. The van der Waals surface area contributed by atoms with Gasteiger partial charge in [0.1, 0.15) is 0 Å². The van der Waals surface area contributed by atoms with Crippen molar-refractivity contribution in [3.8, 4) is 22.5 Å². The number of hydrogen-bond donors (Lipinski definition) is 2. The van der Waals surface area contributed by atoms with Crippen LogP contribution in [0.4, 0.5) is 0 Å². The molecular weight excluding hydrogens is 402 g/mol. The molecule has 140 valence electrons. The van der Waals surface area contributed by atoms with Crippen LogP contribution in [-0.2, 0) is 20.1 Å². The smallest absolute Gasteiger partial charge is 0.282 e. The monoisotopic (exact) mass is 413 g/mol. The van der Waals surface area contributed by atoms with E-state index in [2.05, 4.69) is 9.97 Å². The second-order valence-electron chi connectivity index (χ2n) is 6.47. The van der Waals surface area contributed by atoms with Gasteiger partial charge in [0.25, 0.3) is 10.1 Å². The van der Waals surface area contributed by atoms with Crippen molar-refractivity contribution >= 4 is 41.9 Å². The molecule has 0 fully saturated rings. The summed E-state index contributed by atoms with van der Waals surface area (Å²) in [6.45, 7) is 0. The first-order valence-electron chi connectivity index (χ1n) is 8.02. The molecule has 1 aromatic heterocycles. The van der Waals surface area contributed by atoms with E-state index < -0.39 is 20.1 Å². The molecule has 1 heterocycles. The molecule has 28 heavy (non-hydrogen) atoms. The zero-order chi connectivity index (χ0) is 19.8. The molecule has 0 radical (unpaired) electrons. The van der Waals surface area contributed by atoms with Gasteiger partial charge < -0.3 is 0 Å². The van der Waals surface area contributed by atoms with Gasteiger partial charge in [0.05, 0.1) is 32.2 Å². The minimum atomic E-state index is -4.37. The molecule has 1 aliphatic carbocycles. The number of aromatic nitrogens is 2. The van der Waals surface area contributed by atoms with Crippen LogP contribution in [-0.4, -0.2) is 31.4 Å². The van der Waals surface area contributed by atoms with Crippen molar-refractivity contribution in [2.45, 2.75) is 9.79 Å². The van der Waals surface area contributed by atoms with E-state index >= 15 is 0 Å². The summed E-state index contributed by atoms with van der Waals surface area (Å²) in [6, 6.07) is 12.3. The Kier molecular flexibility index (Phi) is 3.27. The van der Waals surface area contributed by atoms with E-state index in [4.69, 9.17) is 5.14 Å². The predicted octanol–water partition coefficient (Wildman–Crippen LogP) is 2.32. The van der Waals surface area contributed by atoms with Crippen molar-refractivity contribution in [2.24, 2.45) is 5.14 Å². The zero-order valence-electron chi connectivity index (χ0n) is 14.0. The van der Waals surface area contributed by atoms with E-state index in [-0.39, 0.29) is 9.79 Å². The van der Waals surface area contributed by atoms with Gasteiger partial charge in [-0.1, -0.05) is 18.2 Å². The minimum Gasteiger partial charge on any atom is -0.282 e. The lowest BCUT2D eigenvalue weighted by atomic mass is 10.0. The molecule has 3 N–H and O–H groups in total. The Morgan fingerprint density at radius 1 is 0.786 bits per heavy atom. The molecule has 0 atom stereocenters. The van der Waals surface area contributed by atoms with E-state index in [1.54, 1.807) is 12.1 Å². The molecule has 10 heteroatoms. The fourth-order valence-electron chi connectivity index (χ4n) is 3.52. The van der Waals surface area contributed by atoms with Crippen molar-refractivity contribution in [3.05, 3.63) is 48.5 Å². The lowest BCUT2D eigenvalue weighted by Crippen LogP contribution is -2.12. The van der Waals surface area contributed by atoms with Crippen molar-refractivity contribution in [1.29, 1.82) is 0 Å². The average Bonchev–Trinajstić information content (AvgIpc) is 2.93. The standard InChI is InChI=1S/C18H11N3O5S2/c19-27(22,23)11-6-9-2-1-3-12-16(9)13(7-11)18-17(12)21-15-8-10(28(24,25)26)4-5-14(15)20-18/h1-8H,(H2,19,22,23)(H,24,25,26). The van der Waals surface area contributed by atoms with Crippen LogP contribution in [0.3, 0.4) is 0 Å². The molecule has 0 bridgehead atoms. The molecule has 0 unspecified atom stereocenters. The van der Waals surface area contributed by atoms with Gasteiger partial charge >= 0.3 is 0 Å². The maximum Gasteiger partial charge on any atom is 0.294 e. The molecule has 0 aliphatic heterocycles. The van der Waals surface area contributed by atoms with E-state index in [0.29, 0.717) is 33.4 Å². The van der Waals surface area contributed by atoms with Crippen LogP contribution in [0, 0.1) is 0 Å². The third-order valence-electron chi connectivity index (χ3n) is 4.72. The van der Waals surface area contributed by atoms with Gasteiger partial charge in [0.2, 0.25) is 10.0 Å². The Hall–Kier alpha value is -2.92. The maximum absolute atomic E-state index is 11.9. The van der Waals surface area contributed by atoms with E-state index in [1.807, 2.05) is 6.07 Å². The van der Waals surface area contributed by atoms with E-state index in [0.717, 1.165) is 10.9 Å². The number of nitrogens with two attached hydrogens (primary N) is 1. The van der Waals surface area contributed by atoms with Crippen LogP contribution in [0.2, 0.25) is 0 Å². The summed E-state index contributed by atoms with van der Waals surface area (Å²) in [6.07, 6.45) is 0. The number of primary sulfonamides is 1. The molecular formula is C18H11N3O5S2. The Morgan fingerprint density at radius 2 is 1.50 bits per heavy atom. The number of benzene rings is 3. The molecule has 0 saturated heterocycles. The van der Waals surface area contributed by atoms with Gasteiger partial charge in [-0.05, 0) is 35.7 Å². The summed E-state index contributed by atoms with van der Waals surface area (Å²) in [4.78, 5) is 8.81. The average molecular weight is 413 g/mol. The molecule has 1 aliphatic rings. The van der Waals surface area contributed by atoms with E-state index in [9.17, 15) is 21.4 Å². The van der Waals surface area contributed by atoms with Gasteiger partial charge in [0, 0.05) is 16.5 Å². The maximum atomic E-state index is 11.9. The summed E-state index contributed by atoms with van der Waals surface area (Å²) in [5.41, 5.74) is 3.06. The second-order valence-corrected chi connectivity index (χ2v) is 9.45. The minimum absolute atomic E-state index is 0.0244. The van der Waals surface area contributed by atoms with Crippen LogP contribution in [0.5, 0.6) is 0 Å². The van der Waals surface area contributed by atoms with Crippen LogP contribution in [0.15, 0.2) is 58.3 Å². The molecule has 5 rings (SSSR count). The third kappa shape index (κ3) is 2.43. The van der Waals surface area contributed by atoms with Gasteiger partial charge in [-0.15, -0.1) is 0 Å². The summed E-state index contributed by atoms with van der Waals surface area (Å²) in [7, 11) is -8.29. The molecule has 0 amide bonds. The lowest BCUT2D eigenvalue weighted by molar-refractivity contribution is 0.483. The number of rotatable bonds is 2. The predicted molar refractivity (Wildman–Crippen MR) is 103 cm³/mol. The summed E-state index contributed by atoms with van der Waals surface area (Å²) in [5, 5.41) is 6.79. The number of nitrogens with zero attached hydrogens (tertiary/aromatic N) is 2. The normalized spacial score (nSPS) is 13.2. The first-order chi connectivity index (χ1) is 13.1. The van der Waals surface area contributed by atoms with Crippen LogP contribution < -0.4 is 5.14 Å². The van der Waals surface area contributed by atoms with Gasteiger partial charge in [-0.25, -0.2) is 23.5 Å². The van der Waals surface area contributed by atoms with Gasteiger partial charge in [0.15, 0.2) is 0 Å². The molecule has 4 aromatic rings. The highest BCUT2D eigenvalue weighted by molar-refractivity contribution is 7.89. The fourth-order valence-corrected chi connectivity index (χ4v) is 4.59. The highest BCUT2D eigenvalue weighted by Crippen LogP contribution is 2.46. The molecule has 3 aromatic carbocycles. The molecule has 8 nitrogen and oxygen atoms in total. The largest absolute Gasteiger partial charge is 0.294 e. The van der Waals surface area contributed by atoms with Crippen molar-refractivity contribution < 1.29 is 21.4 Å². The quantitative estimate of drug-likeness (QED) is 0.423. The first-order valence-corrected chi connectivity index (χ1v) is 11.0. The fraction of sp³-hybridized carbons (Fsp3) is 0. The van der Waals surface area contributed by atoms with Crippen LogP contribution in [0.1, 0.15) is 0 Å². The van der Waals surface area contributed by atoms with Crippen molar-refractivity contribution in [1.82, 2.24) is 9.97 Å². The van der Waals surface area contributed by atoms with Crippen LogP contribution >= 0.6 is 0 Å². The Balaban J connectivity index is 1.88.